The van der Waals surface area contributed by atoms with Crippen molar-refractivity contribution in [2.24, 2.45) is 0 Å². The number of hydrogen-bond acceptors (Lipinski definition) is 3. The van der Waals surface area contributed by atoms with Crippen molar-refractivity contribution in [1.82, 2.24) is 14.9 Å². The molecule has 1 atom stereocenters. The molecule has 2 N–H and O–H groups in total. The average Bonchev–Trinajstić information content (AvgIpc) is 2.83. The molecule has 0 bridgehead atoms. The second-order valence-corrected chi connectivity index (χ2v) is 6.15. The van der Waals surface area contributed by atoms with Gasteiger partial charge in [0.15, 0.2) is 0 Å². The van der Waals surface area contributed by atoms with E-state index in [1.807, 2.05) is 56.5 Å². The van der Waals surface area contributed by atoms with Gasteiger partial charge < -0.3 is 15.0 Å². The molecule has 0 aromatic carbocycles. The lowest BCUT2D eigenvalue weighted by Gasteiger charge is -2.29. The zero-order valence-electron chi connectivity index (χ0n) is 14.3. The van der Waals surface area contributed by atoms with Crippen LogP contribution in [0.4, 0.5) is 0 Å². The topological polar surface area (TPSA) is 67.2 Å². The number of nitrogens with zero attached hydrogens (tertiary/aromatic N) is 2. The van der Waals surface area contributed by atoms with Gasteiger partial charge >= 0.3 is 0 Å². The largest absolute Gasteiger partial charge is 0.396 e. The zero-order chi connectivity index (χ0) is 17.0. The Morgan fingerprint density at radius 2 is 2.13 bits per heavy atom. The maximum Gasteiger partial charge on any atom is 0.253 e. The first kappa shape index (κ1) is 17.2. The fourth-order valence-corrected chi connectivity index (χ4v) is 2.75. The van der Waals surface area contributed by atoms with Crippen LogP contribution in [0.5, 0.6) is 0 Å². The van der Waals surface area contributed by atoms with Crippen LogP contribution in [-0.4, -0.2) is 32.7 Å². The molecule has 0 saturated heterocycles. The number of aromatic nitrogens is 2. The van der Waals surface area contributed by atoms with Crippen molar-refractivity contribution in [3.63, 3.8) is 0 Å². The molecule has 0 saturated carbocycles. The first-order valence-electron chi connectivity index (χ1n) is 7.95. The summed E-state index contributed by atoms with van der Waals surface area (Å²) in [6.45, 7) is 7.90. The van der Waals surface area contributed by atoms with Crippen molar-refractivity contribution in [1.29, 1.82) is 0 Å². The molecule has 0 aliphatic rings. The van der Waals surface area contributed by atoms with Crippen LogP contribution in [-0.2, 0) is 0 Å². The molecule has 124 valence electrons. The molecule has 1 unspecified atom stereocenters. The lowest BCUT2D eigenvalue weighted by atomic mass is 9.94. The summed E-state index contributed by atoms with van der Waals surface area (Å²) in [7, 11) is 0. The van der Waals surface area contributed by atoms with Gasteiger partial charge in [-0.05, 0) is 51.8 Å². The van der Waals surface area contributed by atoms with E-state index in [-0.39, 0.29) is 12.5 Å². The van der Waals surface area contributed by atoms with Gasteiger partial charge in [0.05, 0.1) is 5.56 Å². The second kappa shape index (κ2) is 6.96. The predicted molar refractivity (Wildman–Crippen MR) is 90.9 cm³/mol. The van der Waals surface area contributed by atoms with Crippen LogP contribution in [0.2, 0.25) is 0 Å². The Morgan fingerprint density at radius 1 is 1.39 bits per heavy atom. The highest BCUT2D eigenvalue weighted by molar-refractivity contribution is 5.96. The number of rotatable bonds is 6. The maximum atomic E-state index is 12.7. The molecule has 2 aromatic heterocycles. The van der Waals surface area contributed by atoms with Crippen LogP contribution in [0.15, 0.2) is 30.5 Å². The lowest BCUT2D eigenvalue weighted by Crippen LogP contribution is -2.46. The summed E-state index contributed by atoms with van der Waals surface area (Å²) in [5.74, 6) is 0.688. The zero-order valence-corrected chi connectivity index (χ0v) is 14.3. The summed E-state index contributed by atoms with van der Waals surface area (Å²) in [5, 5.41) is 12.3. The Kier molecular flexibility index (Phi) is 5.21. The monoisotopic (exact) mass is 315 g/mol. The van der Waals surface area contributed by atoms with Gasteiger partial charge in [-0.15, -0.1) is 0 Å². The fraction of sp³-hybridized carbons (Fsp3) is 0.444. The van der Waals surface area contributed by atoms with Crippen LogP contribution >= 0.6 is 0 Å². The van der Waals surface area contributed by atoms with Crippen molar-refractivity contribution in [3.8, 4) is 5.82 Å². The van der Waals surface area contributed by atoms with E-state index in [1.54, 1.807) is 6.20 Å². The highest BCUT2D eigenvalue weighted by atomic mass is 16.3. The Bertz CT molecular complexity index is 679. The third-order valence-electron chi connectivity index (χ3n) is 4.41. The average molecular weight is 315 g/mol. The molecule has 0 radical (unpaired) electrons. The second-order valence-electron chi connectivity index (χ2n) is 6.15. The van der Waals surface area contributed by atoms with Crippen LogP contribution in [0.1, 0.15) is 48.4 Å². The summed E-state index contributed by atoms with van der Waals surface area (Å²) in [6, 6.07) is 7.60. The summed E-state index contributed by atoms with van der Waals surface area (Å²) < 4.78 is 1.98. The van der Waals surface area contributed by atoms with Crippen molar-refractivity contribution >= 4 is 5.91 Å². The Hall–Kier alpha value is -2.14. The first-order valence-corrected chi connectivity index (χ1v) is 7.95. The van der Waals surface area contributed by atoms with Gasteiger partial charge in [-0.25, -0.2) is 4.98 Å². The number of aryl methyl sites for hydroxylation is 1. The number of aliphatic hydroxyl groups excluding tert-OH is 1. The summed E-state index contributed by atoms with van der Waals surface area (Å²) >= 11 is 0. The van der Waals surface area contributed by atoms with Crippen molar-refractivity contribution in [2.45, 2.75) is 46.1 Å². The minimum atomic E-state index is -0.403. The van der Waals surface area contributed by atoms with Crippen LogP contribution in [0.3, 0.4) is 0 Å². The van der Waals surface area contributed by atoms with Gasteiger partial charge in [-0.2, -0.15) is 0 Å². The minimum absolute atomic E-state index is 0.0532. The number of carbonyl (C=O) groups excluding carboxylic acids is 1. The van der Waals surface area contributed by atoms with E-state index >= 15 is 0 Å². The van der Waals surface area contributed by atoms with E-state index in [4.69, 9.17) is 0 Å². The normalized spacial score (nSPS) is 13.6. The molecule has 0 aliphatic heterocycles. The van der Waals surface area contributed by atoms with Crippen LogP contribution < -0.4 is 5.32 Å². The molecular formula is C18H25N3O2. The quantitative estimate of drug-likeness (QED) is 0.861. The highest BCUT2D eigenvalue weighted by Gasteiger charge is 2.26. The van der Waals surface area contributed by atoms with E-state index in [2.05, 4.69) is 10.3 Å². The van der Waals surface area contributed by atoms with E-state index in [9.17, 15) is 9.90 Å². The van der Waals surface area contributed by atoms with E-state index in [0.717, 1.165) is 23.6 Å². The van der Waals surface area contributed by atoms with Crippen molar-refractivity contribution < 1.29 is 9.90 Å². The van der Waals surface area contributed by atoms with Gasteiger partial charge in [0.25, 0.3) is 5.91 Å². The van der Waals surface area contributed by atoms with E-state index in [0.29, 0.717) is 12.0 Å². The molecule has 2 rings (SSSR count). The third-order valence-corrected chi connectivity index (χ3v) is 4.41. The minimum Gasteiger partial charge on any atom is -0.396 e. The van der Waals surface area contributed by atoms with Gasteiger partial charge in [-0.1, -0.05) is 13.0 Å². The van der Waals surface area contributed by atoms with E-state index < -0.39 is 5.54 Å². The van der Waals surface area contributed by atoms with Gasteiger partial charge in [0, 0.05) is 29.7 Å². The number of pyridine rings is 1. The van der Waals surface area contributed by atoms with Gasteiger partial charge in [-0.3, -0.25) is 4.79 Å². The van der Waals surface area contributed by atoms with Crippen molar-refractivity contribution in [2.75, 3.05) is 6.61 Å². The van der Waals surface area contributed by atoms with Gasteiger partial charge in [0.1, 0.15) is 5.82 Å². The number of aliphatic hydroxyl groups is 1. The van der Waals surface area contributed by atoms with Crippen molar-refractivity contribution in [3.05, 3.63) is 47.4 Å². The molecular weight excluding hydrogens is 290 g/mol. The van der Waals surface area contributed by atoms with Crippen LogP contribution in [0, 0.1) is 13.8 Å². The molecule has 0 spiro atoms. The molecule has 2 aromatic rings. The fourth-order valence-electron chi connectivity index (χ4n) is 2.75. The van der Waals surface area contributed by atoms with Gasteiger partial charge in [0.2, 0.25) is 0 Å². The molecule has 23 heavy (non-hydrogen) atoms. The molecule has 5 heteroatoms. The molecule has 0 fully saturated rings. The molecule has 1 amide bonds. The third kappa shape index (κ3) is 3.62. The Balaban J connectivity index is 2.33. The highest BCUT2D eigenvalue weighted by Crippen LogP contribution is 2.21. The summed E-state index contributed by atoms with van der Waals surface area (Å²) in [4.78, 5) is 17.0. The number of carbonyl (C=O) groups is 1. The lowest BCUT2D eigenvalue weighted by molar-refractivity contribution is 0.0885. The smallest absolute Gasteiger partial charge is 0.253 e. The Labute approximate surface area is 137 Å². The number of hydrogen-bond donors (Lipinski definition) is 2. The summed E-state index contributed by atoms with van der Waals surface area (Å²) in [5.41, 5.74) is 2.07. The molecule has 2 heterocycles. The SMILES string of the molecule is CCC(C)(CCO)NC(=O)c1cc(C)n(-c2ccccn2)c1C. The summed E-state index contributed by atoms with van der Waals surface area (Å²) in [6.07, 6.45) is 3.04. The maximum absolute atomic E-state index is 12.7. The Morgan fingerprint density at radius 3 is 2.70 bits per heavy atom. The standard InChI is InChI=1S/C18H25N3O2/c1-5-18(4,9-11-22)20-17(23)15-12-13(2)21(14(15)3)16-8-6-7-10-19-16/h6-8,10,12,22H,5,9,11H2,1-4H3,(H,20,23). The predicted octanol–water partition coefficient (Wildman–Crippen LogP) is 2.77. The van der Waals surface area contributed by atoms with Crippen LogP contribution in [0.25, 0.3) is 5.82 Å². The number of amides is 1. The van der Waals surface area contributed by atoms with E-state index in [1.165, 1.54) is 0 Å². The number of nitrogens with one attached hydrogen (secondary N) is 1. The molecule has 0 aliphatic carbocycles. The molecule has 5 nitrogen and oxygen atoms in total. The first-order chi connectivity index (χ1) is 10.9.